The van der Waals surface area contributed by atoms with Crippen LogP contribution in [0.5, 0.6) is 0 Å². The van der Waals surface area contributed by atoms with E-state index < -0.39 is 35.5 Å². The van der Waals surface area contributed by atoms with Crippen molar-refractivity contribution in [1.29, 1.82) is 0 Å². The van der Waals surface area contributed by atoms with E-state index in [1.807, 2.05) is 0 Å². The van der Waals surface area contributed by atoms with Gasteiger partial charge in [-0.05, 0) is 20.8 Å². The number of carbonyl (C=O) groups is 3. The molecule has 0 fully saturated rings. The Labute approximate surface area is 155 Å². The maximum absolute atomic E-state index is 11.9. The molecule has 0 amide bonds. The van der Waals surface area contributed by atoms with Crippen molar-refractivity contribution in [2.75, 3.05) is 34.0 Å². The van der Waals surface area contributed by atoms with E-state index in [-0.39, 0.29) is 32.2 Å². The van der Waals surface area contributed by atoms with Gasteiger partial charge in [-0.1, -0.05) is 13.8 Å². The third kappa shape index (κ3) is 12.7. The van der Waals surface area contributed by atoms with Crippen molar-refractivity contribution in [3.05, 3.63) is 0 Å². The first-order valence-corrected chi connectivity index (χ1v) is 8.43. The molecule has 0 rings (SSSR count). The van der Waals surface area contributed by atoms with Crippen LogP contribution in [0, 0.1) is 5.41 Å². The molecule has 0 aliphatic rings. The van der Waals surface area contributed by atoms with Gasteiger partial charge in [-0.2, -0.15) is 0 Å². The van der Waals surface area contributed by atoms with Gasteiger partial charge in [-0.3, -0.25) is 14.4 Å². The summed E-state index contributed by atoms with van der Waals surface area (Å²) in [6.07, 6.45) is -1.02. The molecule has 26 heavy (non-hydrogen) atoms. The highest BCUT2D eigenvalue weighted by Gasteiger charge is 2.28. The van der Waals surface area contributed by atoms with Gasteiger partial charge in [0.15, 0.2) is 0 Å². The van der Waals surface area contributed by atoms with Crippen LogP contribution < -0.4 is 0 Å². The zero-order chi connectivity index (χ0) is 20.4. The van der Waals surface area contributed by atoms with E-state index in [4.69, 9.17) is 23.7 Å². The van der Waals surface area contributed by atoms with E-state index in [9.17, 15) is 14.4 Å². The highest BCUT2D eigenvalue weighted by atomic mass is 16.6. The Morgan fingerprint density at radius 3 is 1.85 bits per heavy atom. The average Bonchev–Trinajstić information content (AvgIpc) is 2.43. The number of hydrogen-bond donors (Lipinski definition) is 0. The van der Waals surface area contributed by atoms with E-state index in [1.54, 1.807) is 34.6 Å². The molecule has 0 unspecified atom stereocenters. The molecular weight excluding hydrogens is 344 g/mol. The van der Waals surface area contributed by atoms with Gasteiger partial charge in [0.05, 0.1) is 26.2 Å². The molecule has 0 bridgehead atoms. The molecule has 0 aliphatic carbocycles. The maximum atomic E-state index is 11.9. The van der Waals surface area contributed by atoms with Crippen LogP contribution in [0.25, 0.3) is 0 Å². The molecule has 0 aliphatic heterocycles. The highest BCUT2D eigenvalue weighted by Crippen LogP contribution is 2.23. The highest BCUT2D eigenvalue weighted by molar-refractivity contribution is 5.91. The molecule has 0 saturated heterocycles. The normalized spacial score (nSPS) is 12.0. The summed E-state index contributed by atoms with van der Waals surface area (Å²) in [5.41, 5.74) is -1.19. The van der Waals surface area contributed by atoms with Gasteiger partial charge in [-0.25, -0.2) is 0 Å². The molecule has 0 aromatic rings. The van der Waals surface area contributed by atoms with Crippen LogP contribution in [0.3, 0.4) is 0 Å². The minimum absolute atomic E-state index is 0.0159. The molecule has 0 saturated carbocycles. The molecule has 0 radical (unpaired) electrons. The summed E-state index contributed by atoms with van der Waals surface area (Å²) in [5, 5.41) is 0. The largest absolute Gasteiger partial charge is 0.465 e. The first-order chi connectivity index (χ1) is 11.9. The summed E-state index contributed by atoms with van der Waals surface area (Å²) in [6, 6.07) is 0. The Balaban J connectivity index is 4.33. The Bertz CT molecular complexity index is 458. The van der Waals surface area contributed by atoms with Gasteiger partial charge >= 0.3 is 17.9 Å². The minimum Gasteiger partial charge on any atom is -0.465 e. The van der Waals surface area contributed by atoms with Crippen LogP contribution in [-0.4, -0.2) is 63.7 Å². The average molecular weight is 376 g/mol. The van der Waals surface area contributed by atoms with Gasteiger partial charge < -0.3 is 23.7 Å². The van der Waals surface area contributed by atoms with Crippen molar-refractivity contribution in [2.45, 2.75) is 59.2 Å². The maximum Gasteiger partial charge on any atom is 0.317 e. The van der Waals surface area contributed by atoms with Crippen LogP contribution in [0.1, 0.15) is 47.5 Å². The summed E-state index contributed by atoms with van der Waals surface area (Å²) in [7, 11) is 2.94. The standard InChI is InChI=1S/C18H32O8/c1-17(2,3)26-16(21)9-18(4,5)12-24-14(19)8-15(20)25-13(10-22-6)11-23-7/h13H,8-12H2,1-7H3. The van der Waals surface area contributed by atoms with Gasteiger partial charge in [-0.15, -0.1) is 0 Å². The first kappa shape index (κ1) is 24.3. The molecule has 0 atom stereocenters. The van der Waals surface area contributed by atoms with Crippen LogP contribution in [0.2, 0.25) is 0 Å². The zero-order valence-corrected chi connectivity index (χ0v) is 16.9. The third-order valence-corrected chi connectivity index (χ3v) is 2.96. The Morgan fingerprint density at radius 2 is 1.38 bits per heavy atom. The first-order valence-electron chi connectivity index (χ1n) is 8.43. The summed E-state index contributed by atoms with van der Waals surface area (Å²) >= 11 is 0. The predicted molar refractivity (Wildman–Crippen MR) is 93.5 cm³/mol. The molecule has 0 spiro atoms. The predicted octanol–water partition coefficient (Wildman–Crippen LogP) is 1.88. The van der Waals surface area contributed by atoms with Crippen LogP contribution in [0.4, 0.5) is 0 Å². The van der Waals surface area contributed by atoms with Crippen molar-refractivity contribution in [3.8, 4) is 0 Å². The minimum atomic E-state index is -0.723. The number of carbonyl (C=O) groups excluding carboxylic acids is 3. The van der Waals surface area contributed by atoms with E-state index in [2.05, 4.69) is 0 Å². The van der Waals surface area contributed by atoms with Crippen LogP contribution in [-0.2, 0) is 38.1 Å². The summed E-state index contributed by atoms with van der Waals surface area (Å²) in [6.45, 7) is 9.20. The number of ether oxygens (including phenoxy) is 5. The number of methoxy groups -OCH3 is 2. The lowest BCUT2D eigenvalue weighted by Crippen LogP contribution is -2.31. The molecule has 0 aromatic carbocycles. The van der Waals surface area contributed by atoms with Crippen LogP contribution >= 0.6 is 0 Å². The lowest BCUT2D eigenvalue weighted by atomic mass is 9.90. The fourth-order valence-electron chi connectivity index (χ4n) is 1.98. The van der Waals surface area contributed by atoms with E-state index >= 15 is 0 Å². The Hall–Kier alpha value is -1.67. The molecule has 8 heteroatoms. The smallest absolute Gasteiger partial charge is 0.317 e. The molecular formula is C18H32O8. The summed E-state index contributed by atoms with van der Waals surface area (Å²) < 4.78 is 25.3. The number of hydrogen-bond acceptors (Lipinski definition) is 8. The van der Waals surface area contributed by atoms with Gasteiger partial charge in [0.2, 0.25) is 0 Å². The van der Waals surface area contributed by atoms with Gasteiger partial charge in [0, 0.05) is 19.6 Å². The van der Waals surface area contributed by atoms with Crippen molar-refractivity contribution in [2.24, 2.45) is 5.41 Å². The van der Waals surface area contributed by atoms with E-state index in [0.29, 0.717) is 0 Å². The zero-order valence-electron chi connectivity index (χ0n) is 16.9. The molecule has 8 nitrogen and oxygen atoms in total. The van der Waals surface area contributed by atoms with Crippen molar-refractivity contribution in [1.82, 2.24) is 0 Å². The topological polar surface area (TPSA) is 97.4 Å². The molecule has 0 N–H and O–H groups in total. The second-order valence-corrected chi connectivity index (χ2v) is 7.79. The lowest BCUT2D eigenvalue weighted by molar-refractivity contribution is -0.165. The fourth-order valence-corrected chi connectivity index (χ4v) is 1.98. The Kier molecular flexibility index (Phi) is 10.4. The quantitative estimate of drug-likeness (QED) is 0.306. The fraction of sp³-hybridized carbons (Fsp3) is 0.833. The summed E-state index contributed by atoms with van der Waals surface area (Å²) in [5.74, 6) is -1.82. The number of esters is 3. The second-order valence-electron chi connectivity index (χ2n) is 7.79. The van der Waals surface area contributed by atoms with E-state index in [1.165, 1.54) is 14.2 Å². The SMILES string of the molecule is COCC(COC)OC(=O)CC(=O)OCC(C)(C)CC(=O)OC(C)(C)C. The van der Waals surface area contributed by atoms with Crippen molar-refractivity contribution >= 4 is 17.9 Å². The lowest BCUT2D eigenvalue weighted by Gasteiger charge is -2.26. The number of rotatable bonds is 11. The summed E-state index contributed by atoms with van der Waals surface area (Å²) in [4.78, 5) is 35.5. The molecule has 152 valence electrons. The third-order valence-electron chi connectivity index (χ3n) is 2.96. The van der Waals surface area contributed by atoms with Gasteiger partial charge in [0.25, 0.3) is 0 Å². The molecule has 0 aromatic heterocycles. The van der Waals surface area contributed by atoms with E-state index in [0.717, 1.165) is 0 Å². The van der Waals surface area contributed by atoms with Crippen molar-refractivity contribution < 1.29 is 38.1 Å². The monoisotopic (exact) mass is 376 g/mol. The van der Waals surface area contributed by atoms with Gasteiger partial charge in [0.1, 0.15) is 18.1 Å². The van der Waals surface area contributed by atoms with Crippen molar-refractivity contribution in [3.63, 3.8) is 0 Å². The second kappa shape index (κ2) is 11.1. The van der Waals surface area contributed by atoms with Crippen LogP contribution in [0.15, 0.2) is 0 Å². The Morgan fingerprint density at radius 1 is 0.846 bits per heavy atom. The molecule has 0 heterocycles.